The Hall–Kier alpha value is -1.14. The van der Waals surface area contributed by atoms with Crippen LogP contribution in [-0.4, -0.2) is 36.5 Å². The third-order valence-electron chi connectivity index (χ3n) is 1.77. The predicted octanol–water partition coefficient (Wildman–Crippen LogP) is 1.48. The van der Waals surface area contributed by atoms with Crippen LogP contribution >= 0.6 is 15.9 Å². The lowest BCUT2D eigenvalue weighted by Gasteiger charge is -2.14. The lowest BCUT2D eigenvalue weighted by molar-refractivity contribution is 0.0857. The minimum absolute atomic E-state index is 0.185. The molecule has 16 heavy (non-hydrogen) atoms. The number of aromatic nitrogens is 1. The van der Waals surface area contributed by atoms with Crippen molar-refractivity contribution in [3.8, 4) is 0 Å². The topological polar surface area (TPSA) is 57.3 Å². The highest BCUT2D eigenvalue weighted by molar-refractivity contribution is 9.10. The summed E-state index contributed by atoms with van der Waals surface area (Å²) in [7, 11) is 3.52. The van der Waals surface area contributed by atoms with Gasteiger partial charge >= 0.3 is 0 Å². The van der Waals surface area contributed by atoms with Crippen molar-refractivity contribution in [3.05, 3.63) is 22.3 Å². The fraction of sp³-hybridized carbons (Fsp3) is 0.400. The first kappa shape index (κ1) is 12.9. The van der Waals surface area contributed by atoms with Crippen molar-refractivity contribution in [3.63, 3.8) is 0 Å². The molecule has 1 amide bonds. The van der Waals surface area contributed by atoms with E-state index in [1.807, 2.05) is 6.92 Å². The zero-order chi connectivity index (χ0) is 12.1. The van der Waals surface area contributed by atoms with Crippen molar-refractivity contribution in [1.29, 1.82) is 0 Å². The van der Waals surface area contributed by atoms with E-state index in [4.69, 9.17) is 0 Å². The van der Waals surface area contributed by atoms with Crippen molar-refractivity contribution >= 4 is 27.7 Å². The number of pyridine rings is 1. The van der Waals surface area contributed by atoms with E-state index in [1.54, 1.807) is 31.4 Å². The van der Waals surface area contributed by atoms with Crippen LogP contribution in [0, 0.1) is 0 Å². The summed E-state index contributed by atoms with van der Waals surface area (Å²) in [6, 6.07) is 1.74. The number of anilines is 1. The summed E-state index contributed by atoms with van der Waals surface area (Å²) < 4.78 is 0.776. The number of rotatable bonds is 4. The van der Waals surface area contributed by atoms with Gasteiger partial charge in [-0.2, -0.15) is 0 Å². The molecule has 0 aliphatic rings. The Kier molecular flexibility index (Phi) is 4.70. The molecule has 1 aromatic heterocycles. The van der Waals surface area contributed by atoms with Crippen LogP contribution in [0.15, 0.2) is 16.7 Å². The molecule has 0 aliphatic heterocycles. The fourth-order valence-electron chi connectivity index (χ4n) is 1.18. The molecular formula is C10H15BrN4O. The molecule has 0 aliphatic carbocycles. The minimum Gasteiger partial charge on any atom is -0.370 e. The second-order valence-corrected chi connectivity index (χ2v) is 4.33. The lowest BCUT2D eigenvalue weighted by atomic mass is 10.2. The Balaban J connectivity index is 2.99. The van der Waals surface area contributed by atoms with Crippen LogP contribution in [0.25, 0.3) is 0 Å². The maximum atomic E-state index is 11.8. The van der Waals surface area contributed by atoms with E-state index < -0.39 is 0 Å². The predicted molar refractivity (Wildman–Crippen MR) is 67.3 cm³/mol. The van der Waals surface area contributed by atoms with E-state index in [1.165, 1.54) is 0 Å². The average Bonchev–Trinajstić information content (AvgIpc) is 2.20. The molecule has 6 heteroatoms. The zero-order valence-corrected chi connectivity index (χ0v) is 11.1. The van der Waals surface area contributed by atoms with Gasteiger partial charge in [-0.05, 0) is 28.9 Å². The number of halogens is 1. The number of amides is 1. The van der Waals surface area contributed by atoms with Crippen LogP contribution in [0.5, 0.6) is 0 Å². The van der Waals surface area contributed by atoms with E-state index in [-0.39, 0.29) is 5.91 Å². The molecule has 0 bridgehead atoms. The highest BCUT2D eigenvalue weighted by Gasteiger charge is 2.13. The number of nitrogens with zero attached hydrogens (tertiary/aromatic N) is 2. The van der Waals surface area contributed by atoms with Gasteiger partial charge in [-0.1, -0.05) is 0 Å². The van der Waals surface area contributed by atoms with Gasteiger partial charge in [0.05, 0.1) is 5.56 Å². The van der Waals surface area contributed by atoms with Gasteiger partial charge in [0.2, 0.25) is 0 Å². The van der Waals surface area contributed by atoms with E-state index in [9.17, 15) is 4.79 Å². The maximum absolute atomic E-state index is 11.8. The van der Waals surface area contributed by atoms with Gasteiger partial charge in [-0.15, -0.1) is 0 Å². The Labute approximate surface area is 103 Å². The molecule has 1 aromatic rings. The van der Waals surface area contributed by atoms with Crippen molar-refractivity contribution in [1.82, 2.24) is 15.4 Å². The third-order valence-corrected chi connectivity index (χ3v) is 2.20. The first-order valence-electron chi connectivity index (χ1n) is 4.92. The molecule has 88 valence electrons. The number of nitrogens with one attached hydrogen (secondary N) is 2. The molecule has 1 heterocycles. The van der Waals surface area contributed by atoms with Crippen LogP contribution in [0.4, 0.5) is 5.82 Å². The van der Waals surface area contributed by atoms with Crippen LogP contribution < -0.4 is 10.7 Å². The summed E-state index contributed by atoms with van der Waals surface area (Å²) in [6.07, 6.45) is 1.66. The van der Waals surface area contributed by atoms with Crippen molar-refractivity contribution < 1.29 is 4.79 Å². The monoisotopic (exact) mass is 286 g/mol. The fourth-order valence-corrected chi connectivity index (χ4v) is 1.52. The summed E-state index contributed by atoms with van der Waals surface area (Å²) in [5.41, 5.74) is 3.20. The molecule has 5 nitrogen and oxygen atoms in total. The first-order chi connectivity index (χ1) is 7.54. The van der Waals surface area contributed by atoms with Crippen molar-refractivity contribution in [2.24, 2.45) is 0 Å². The van der Waals surface area contributed by atoms with Crippen LogP contribution in [0.1, 0.15) is 17.3 Å². The maximum Gasteiger partial charge on any atom is 0.269 e. The SMILES string of the molecule is CCNc1ncc(Br)cc1C(=O)NN(C)C. The van der Waals surface area contributed by atoms with Gasteiger partial charge in [0.25, 0.3) is 5.91 Å². The molecule has 1 rings (SSSR count). The Morgan fingerprint density at radius 2 is 2.25 bits per heavy atom. The molecular weight excluding hydrogens is 272 g/mol. The smallest absolute Gasteiger partial charge is 0.269 e. The van der Waals surface area contributed by atoms with Crippen LogP contribution in [-0.2, 0) is 0 Å². The Morgan fingerprint density at radius 3 is 2.81 bits per heavy atom. The van der Waals surface area contributed by atoms with E-state index >= 15 is 0 Å². The largest absolute Gasteiger partial charge is 0.370 e. The third kappa shape index (κ3) is 3.46. The van der Waals surface area contributed by atoms with Gasteiger partial charge in [-0.25, -0.2) is 9.99 Å². The normalized spacial score (nSPS) is 10.3. The second kappa shape index (κ2) is 5.81. The molecule has 0 unspecified atom stereocenters. The van der Waals surface area contributed by atoms with Gasteiger partial charge in [0.15, 0.2) is 0 Å². The van der Waals surface area contributed by atoms with Crippen LogP contribution in [0.3, 0.4) is 0 Å². The molecule has 0 saturated carbocycles. The minimum atomic E-state index is -0.185. The zero-order valence-electron chi connectivity index (χ0n) is 9.54. The summed E-state index contributed by atoms with van der Waals surface area (Å²) in [6.45, 7) is 2.67. The lowest BCUT2D eigenvalue weighted by Crippen LogP contribution is -2.36. The summed E-state index contributed by atoms with van der Waals surface area (Å²) in [4.78, 5) is 16.0. The van der Waals surface area contributed by atoms with Crippen molar-refractivity contribution in [2.75, 3.05) is 26.0 Å². The number of hydrazine groups is 1. The van der Waals surface area contributed by atoms with Crippen molar-refractivity contribution in [2.45, 2.75) is 6.92 Å². The van der Waals surface area contributed by atoms with Gasteiger partial charge in [-0.3, -0.25) is 10.2 Å². The molecule has 0 radical (unpaired) electrons. The highest BCUT2D eigenvalue weighted by Crippen LogP contribution is 2.17. The summed E-state index contributed by atoms with van der Waals surface area (Å²) in [5, 5.41) is 4.64. The molecule has 0 spiro atoms. The summed E-state index contributed by atoms with van der Waals surface area (Å²) in [5.74, 6) is 0.403. The Morgan fingerprint density at radius 1 is 1.56 bits per heavy atom. The first-order valence-corrected chi connectivity index (χ1v) is 5.71. The van der Waals surface area contributed by atoms with Gasteiger partial charge in [0.1, 0.15) is 5.82 Å². The highest BCUT2D eigenvalue weighted by atomic mass is 79.9. The second-order valence-electron chi connectivity index (χ2n) is 3.42. The van der Waals surface area contributed by atoms with E-state index in [2.05, 4.69) is 31.7 Å². The summed E-state index contributed by atoms with van der Waals surface area (Å²) >= 11 is 3.30. The number of hydrogen-bond donors (Lipinski definition) is 2. The molecule has 0 fully saturated rings. The van der Waals surface area contributed by atoms with Gasteiger partial charge < -0.3 is 5.32 Å². The number of carbonyl (C=O) groups is 1. The standard InChI is InChI=1S/C10H15BrN4O/c1-4-12-9-8(5-7(11)6-13-9)10(16)14-15(2)3/h5-6H,4H2,1-3H3,(H,12,13)(H,14,16). The van der Waals surface area contributed by atoms with Gasteiger partial charge in [0, 0.05) is 31.3 Å². The molecule has 0 aromatic carbocycles. The van der Waals surface area contributed by atoms with Crippen LogP contribution in [0.2, 0.25) is 0 Å². The molecule has 0 atom stereocenters. The average molecular weight is 287 g/mol. The number of carbonyl (C=O) groups excluding carboxylic acids is 1. The quantitative estimate of drug-likeness (QED) is 0.824. The Bertz CT molecular complexity index is 381. The van der Waals surface area contributed by atoms with E-state index in [0.29, 0.717) is 11.4 Å². The molecule has 0 saturated heterocycles. The molecule has 2 N–H and O–H groups in total. The number of hydrogen-bond acceptors (Lipinski definition) is 4. The van der Waals surface area contributed by atoms with E-state index in [0.717, 1.165) is 11.0 Å².